The molecule has 1 aromatic rings. The molecule has 2 rings (SSSR count). The second-order valence-electron chi connectivity index (χ2n) is 4.90. The number of pyridine rings is 1. The maximum Gasteiger partial charge on any atom is 0.222 e. The van der Waals surface area contributed by atoms with Crippen molar-refractivity contribution in [2.45, 2.75) is 32.2 Å². The molecule has 1 aliphatic rings. The van der Waals surface area contributed by atoms with Gasteiger partial charge in [-0.2, -0.15) is 0 Å². The van der Waals surface area contributed by atoms with Crippen molar-refractivity contribution < 1.29 is 4.79 Å². The molecule has 0 spiro atoms. The number of rotatable bonds is 4. The number of aryl methyl sites for hydroxylation is 1. The van der Waals surface area contributed by atoms with Crippen LogP contribution in [0.25, 0.3) is 0 Å². The van der Waals surface area contributed by atoms with Crippen molar-refractivity contribution in [3.05, 3.63) is 30.1 Å². The summed E-state index contributed by atoms with van der Waals surface area (Å²) in [7, 11) is 0. The van der Waals surface area contributed by atoms with Gasteiger partial charge in [0, 0.05) is 44.5 Å². The minimum absolute atomic E-state index is 0.289. The maximum atomic E-state index is 12.0. The number of aromatic nitrogens is 1. The molecule has 98 valence electrons. The van der Waals surface area contributed by atoms with Gasteiger partial charge in [-0.25, -0.2) is 0 Å². The van der Waals surface area contributed by atoms with Crippen molar-refractivity contribution in [1.82, 2.24) is 15.2 Å². The first-order valence-electron chi connectivity index (χ1n) is 6.66. The normalized spacial score (nSPS) is 19.8. The average Bonchev–Trinajstić information content (AvgIpc) is 2.40. The van der Waals surface area contributed by atoms with Crippen LogP contribution in [0.15, 0.2) is 24.5 Å². The molecule has 2 heterocycles. The highest BCUT2D eigenvalue weighted by atomic mass is 16.2. The van der Waals surface area contributed by atoms with Gasteiger partial charge in [-0.3, -0.25) is 9.78 Å². The quantitative estimate of drug-likeness (QED) is 0.870. The van der Waals surface area contributed by atoms with Gasteiger partial charge in [0.25, 0.3) is 0 Å². The van der Waals surface area contributed by atoms with Gasteiger partial charge in [0.1, 0.15) is 0 Å². The van der Waals surface area contributed by atoms with E-state index in [2.05, 4.69) is 17.2 Å². The van der Waals surface area contributed by atoms with E-state index in [-0.39, 0.29) is 5.91 Å². The summed E-state index contributed by atoms with van der Waals surface area (Å²) < 4.78 is 0. The molecule has 1 N–H and O–H groups in total. The highest BCUT2D eigenvalue weighted by molar-refractivity contribution is 5.76. The fourth-order valence-electron chi connectivity index (χ4n) is 2.31. The Morgan fingerprint density at radius 1 is 1.50 bits per heavy atom. The summed E-state index contributed by atoms with van der Waals surface area (Å²) in [4.78, 5) is 18.0. The van der Waals surface area contributed by atoms with Crippen LogP contribution in [0.2, 0.25) is 0 Å². The summed E-state index contributed by atoms with van der Waals surface area (Å²) >= 11 is 0. The monoisotopic (exact) mass is 247 g/mol. The number of nitrogens with zero attached hydrogens (tertiary/aromatic N) is 2. The van der Waals surface area contributed by atoms with Gasteiger partial charge in [0.05, 0.1) is 0 Å². The number of hydrogen-bond donors (Lipinski definition) is 1. The Morgan fingerprint density at radius 2 is 2.28 bits per heavy atom. The number of piperazine rings is 1. The minimum atomic E-state index is 0.289. The summed E-state index contributed by atoms with van der Waals surface area (Å²) in [6, 6.07) is 4.44. The zero-order valence-corrected chi connectivity index (χ0v) is 10.9. The molecule has 0 aliphatic carbocycles. The van der Waals surface area contributed by atoms with Gasteiger partial charge in [-0.15, -0.1) is 0 Å². The van der Waals surface area contributed by atoms with Crippen LogP contribution < -0.4 is 5.32 Å². The third kappa shape index (κ3) is 3.81. The third-order valence-electron chi connectivity index (χ3n) is 3.33. The predicted octanol–water partition coefficient (Wildman–Crippen LogP) is 1.22. The summed E-state index contributed by atoms with van der Waals surface area (Å²) in [6.07, 6.45) is 6.12. The zero-order valence-electron chi connectivity index (χ0n) is 10.9. The van der Waals surface area contributed by atoms with Crippen LogP contribution >= 0.6 is 0 Å². The van der Waals surface area contributed by atoms with E-state index in [1.807, 2.05) is 17.0 Å². The molecular formula is C14H21N3O. The fraction of sp³-hybridized carbons (Fsp3) is 0.571. The lowest BCUT2D eigenvalue weighted by Crippen LogP contribution is -2.51. The topological polar surface area (TPSA) is 45.2 Å². The van der Waals surface area contributed by atoms with Crippen LogP contribution in [0, 0.1) is 0 Å². The van der Waals surface area contributed by atoms with Crippen LogP contribution in [0.3, 0.4) is 0 Å². The van der Waals surface area contributed by atoms with Gasteiger partial charge in [0.2, 0.25) is 5.91 Å². The SMILES string of the molecule is CC1CN(C(=O)CCCc2ccncc2)CCN1. The second-order valence-corrected chi connectivity index (χ2v) is 4.90. The molecular weight excluding hydrogens is 226 g/mol. The predicted molar refractivity (Wildman–Crippen MR) is 71.2 cm³/mol. The lowest BCUT2D eigenvalue weighted by molar-refractivity contribution is -0.132. The van der Waals surface area contributed by atoms with E-state index in [0.29, 0.717) is 12.5 Å². The largest absolute Gasteiger partial charge is 0.340 e. The van der Waals surface area contributed by atoms with Gasteiger partial charge in [-0.05, 0) is 37.5 Å². The van der Waals surface area contributed by atoms with E-state index in [1.165, 1.54) is 5.56 Å². The Balaban J connectivity index is 1.71. The summed E-state index contributed by atoms with van der Waals surface area (Å²) in [5.41, 5.74) is 1.26. The molecule has 1 unspecified atom stereocenters. The molecule has 1 amide bonds. The third-order valence-corrected chi connectivity index (χ3v) is 3.33. The fourth-order valence-corrected chi connectivity index (χ4v) is 2.31. The lowest BCUT2D eigenvalue weighted by atomic mass is 10.1. The second kappa shape index (κ2) is 6.50. The number of hydrogen-bond acceptors (Lipinski definition) is 3. The van der Waals surface area contributed by atoms with Crippen molar-refractivity contribution in [3.63, 3.8) is 0 Å². The number of carbonyl (C=O) groups is 1. The molecule has 1 aromatic heterocycles. The first kappa shape index (κ1) is 13.0. The van der Waals surface area contributed by atoms with Crippen molar-refractivity contribution in [2.24, 2.45) is 0 Å². The molecule has 0 bridgehead atoms. The van der Waals surface area contributed by atoms with Crippen LogP contribution in [-0.2, 0) is 11.2 Å². The van der Waals surface area contributed by atoms with Crippen molar-refractivity contribution in [2.75, 3.05) is 19.6 Å². The molecule has 1 saturated heterocycles. The Morgan fingerprint density at radius 3 is 3.00 bits per heavy atom. The molecule has 0 radical (unpaired) electrons. The minimum Gasteiger partial charge on any atom is -0.340 e. The van der Waals surface area contributed by atoms with Gasteiger partial charge in [0.15, 0.2) is 0 Å². The van der Waals surface area contributed by atoms with E-state index in [0.717, 1.165) is 32.5 Å². The average molecular weight is 247 g/mol. The molecule has 18 heavy (non-hydrogen) atoms. The zero-order chi connectivity index (χ0) is 12.8. The molecule has 0 aromatic carbocycles. The molecule has 1 aliphatic heterocycles. The van der Waals surface area contributed by atoms with Crippen LogP contribution in [-0.4, -0.2) is 41.5 Å². The Bertz CT molecular complexity index is 380. The van der Waals surface area contributed by atoms with Crippen molar-refractivity contribution in [1.29, 1.82) is 0 Å². The first-order chi connectivity index (χ1) is 8.75. The van der Waals surface area contributed by atoms with E-state index in [9.17, 15) is 4.79 Å². The molecule has 0 saturated carbocycles. The van der Waals surface area contributed by atoms with E-state index in [1.54, 1.807) is 12.4 Å². The molecule has 4 nitrogen and oxygen atoms in total. The molecule has 1 fully saturated rings. The van der Waals surface area contributed by atoms with E-state index >= 15 is 0 Å². The molecule has 4 heteroatoms. The number of nitrogens with one attached hydrogen (secondary N) is 1. The lowest BCUT2D eigenvalue weighted by Gasteiger charge is -2.32. The van der Waals surface area contributed by atoms with Crippen molar-refractivity contribution in [3.8, 4) is 0 Å². The summed E-state index contributed by atoms with van der Waals surface area (Å²) in [6.45, 7) is 4.72. The smallest absolute Gasteiger partial charge is 0.222 e. The first-order valence-corrected chi connectivity index (χ1v) is 6.66. The van der Waals surface area contributed by atoms with Crippen LogP contribution in [0.5, 0.6) is 0 Å². The number of carbonyl (C=O) groups excluding carboxylic acids is 1. The standard InChI is InChI=1S/C14H21N3O/c1-12-11-17(10-9-16-12)14(18)4-2-3-13-5-7-15-8-6-13/h5-8,12,16H,2-4,9-11H2,1H3. The van der Waals surface area contributed by atoms with E-state index < -0.39 is 0 Å². The summed E-state index contributed by atoms with van der Waals surface area (Å²) in [5.74, 6) is 0.289. The van der Waals surface area contributed by atoms with E-state index in [4.69, 9.17) is 0 Å². The summed E-state index contributed by atoms with van der Waals surface area (Å²) in [5, 5.41) is 3.35. The van der Waals surface area contributed by atoms with Crippen LogP contribution in [0.1, 0.15) is 25.3 Å². The highest BCUT2D eigenvalue weighted by Crippen LogP contribution is 2.07. The van der Waals surface area contributed by atoms with Crippen molar-refractivity contribution >= 4 is 5.91 Å². The van der Waals surface area contributed by atoms with Crippen LogP contribution in [0.4, 0.5) is 0 Å². The van der Waals surface area contributed by atoms with Gasteiger partial charge < -0.3 is 10.2 Å². The van der Waals surface area contributed by atoms with Gasteiger partial charge >= 0.3 is 0 Å². The Kier molecular flexibility index (Phi) is 4.70. The maximum absolute atomic E-state index is 12.0. The molecule has 1 atom stereocenters. The Hall–Kier alpha value is -1.42. The highest BCUT2D eigenvalue weighted by Gasteiger charge is 2.19. The number of amides is 1. The Labute approximate surface area is 108 Å². The van der Waals surface area contributed by atoms with Gasteiger partial charge in [-0.1, -0.05) is 0 Å².